The lowest BCUT2D eigenvalue weighted by Crippen LogP contribution is -2.40. The summed E-state index contributed by atoms with van der Waals surface area (Å²) in [5.41, 5.74) is 1.59. The number of rotatable bonds is 7. The van der Waals surface area contributed by atoms with E-state index in [1.807, 2.05) is 66.7 Å². The standard InChI is InChI=1S/C27H25ClN4O3/c28-21-10-8-19(9-11-21)26-30-25(35-31-26)18-32-16-4-5-20(17-32)27(33)29-22-12-14-24(15-13-22)34-23-6-2-1-3-7-23/h1-3,6-15,20H,4-5,16-18H2,(H,29,33). The number of benzene rings is 3. The number of carbonyl (C=O) groups is 1. The molecule has 8 heteroatoms. The van der Waals surface area contributed by atoms with Crippen molar-refractivity contribution >= 4 is 23.2 Å². The van der Waals surface area contributed by atoms with Crippen molar-refractivity contribution in [2.75, 3.05) is 18.4 Å². The van der Waals surface area contributed by atoms with Crippen LogP contribution in [0, 0.1) is 5.92 Å². The fourth-order valence-corrected chi connectivity index (χ4v) is 4.24. The van der Waals surface area contributed by atoms with Crippen LogP contribution in [0.15, 0.2) is 83.4 Å². The number of aromatic nitrogens is 2. The molecule has 5 rings (SSSR count). The first-order valence-corrected chi connectivity index (χ1v) is 11.9. The van der Waals surface area contributed by atoms with Crippen LogP contribution in [0.4, 0.5) is 5.69 Å². The summed E-state index contributed by atoms with van der Waals surface area (Å²) in [6, 6.07) is 24.3. The summed E-state index contributed by atoms with van der Waals surface area (Å²) in [6.07, 6.45) is 1.78. The zero-order chi connectivity index (χ0) is 24.0. The maximum absolute atomic E-state index is 12.9. The van der Waals surface area contributed by atoms with E-state index in [2.05, 4.69) is 20.4 Å². The predicted molar refractivity (Wildman–Crippen MR) is 134 cm³/mol. The molecule has 1 N–H and O–H groups in total. The third-order valence-corrected chi connectivity index (χ3v) is 6.16. The maximum atomic E-state index is 12.9. The molecule has 0 saturated carbocycles. The van der Waals surface area contributed by atoms with Gasteiger partial charge >= 0.3 is 0 Å². The smallest absolute Gasteiger partial charge is 0.241 e. The molecule has 2 heterocycles. The van der Waals surface area contributed by atoms with Gasteiger partial charge in [-0.15, -0.1) is 0 Å². The van der Waals surface area contributed by atoms with Crippen LogP contribution in [0.5, 0.6) is 11.5 Å². The van der Waals surface area contributed by atoms with Crippen LogP contribution in [0.3, 0.4) is 0 Å². The zero-order valence-electron chi connectivity index (χ0n) is 19.1. The van der Waals surface area contributed by atoms with Crippen LogP contribution < -0.4 is 10.1 Å². The molecule has 178 valence electrons. The van der Waals surface area contributed by atoms with Crippen molar-refractivity contribution in [3.8, 4) is 22.9 Å². The number of anilines is 1. The largest absolute Gasteiger partial charge is 0.457 e. The van der Waals surface area contributed by atoms with Gasteiger partial charge in [-0.3, -0.25) is 9.69 Å². The molecule has 0 aliphatic carbocycles. The molecule has 0 bridgehead atoms. The highest BCUT2D eigenvalue weighted by Crippen LogP contribution is 2.25. The first kappa shape index (κ1) is 23.1. The molecule has 1 unspecified atom stereocenters. The van der Waals surface area contributed by atoms with Crippen LogP contribution in [-0.2, 0) is 11.3 Å². The van der Waals surface area contributed by atoms with E-state index in [9.17, 15) is 4.79 Å². The molecule has 1 aliphatic heterocycles. The van der Waals surface area contributed by atoms with Crippen LogP contribution in [-0.4, -0.2) is 34.0 Å². The number of hydrogen-bond acceptors (Lipinski definition) is 6. The monoisotopic (exact) mass is 488 g/mol. The van der Waals surface area contributed by atoms with E-state index >= 15 is 0 Å². The summed E-state index contributed by atoms with van der Waals surface area (Å²) in [6.45, 7) is 2.03. The molecule has 1 aliphatic rings. The Hall–Kier alpha value is -3.68. The van der Waals surface area contributed by atoms with Crippen LogP contribution in [0.25, 0.3) is 11.4 Å². The molecule has 1 fully saturated rings. The SMILES string of the molecule is O=C(Nc1ccc(Oc2ccccc2)cc1)C1CCCN(Cc2nc(-c3ccc(Cl)cc3)no2)C1. The minimum atomic E-state index is -0.109. The second kappa shape index (κ2) is 10.7. The van der Waals surface area contributed by atoms with Gasteiger partial charge in [0.1, 0.15) is 11.5 Å². The van der Waals surface area contributed by atoms with E-state index in [0.717, 1.165) is 42.1 Å². The lowest BCUT2D eigenvalue weighted by Gasteiger charge is -2.30. The maximum Gasteiger partial charge on any atom is 0.241 e. The molecule has 1 atom stereocenters. The highest BCUT2D eigenvalue weighted by molar-refractivity contribution is 6.30. The summed E-state index contributed by atoms with van der Waals surface area (Å²) in [4.78, 5) is 19.6. The topological polar surface area (TPSA) is 80.5 Å². The van der Waals surface area contributed by atoms with E-state index in [1.54, 1.807) is 12.1 Å². The lowest BCUT2D eigenvalue weighted by atomic mass is 9.97. The molecule has 7 nitrogen and oxygen atoms in total. The Kier molecular flexibility index (Phi) is 7.07. The van der Waals surface area contributed by atoms with Gasteiger partial charge in [-0.1, -0.05) is 35.0 Å². The van der Waals surface area contributed by atoms with Crippen molar-refractivity contribution in [2.24, 2.45) is 5.92 Å². The minimum Gasteiger partial charge on any atom is -0.457 e. The number of carbonyl (C=O) groups excluding carboxylic acids is 1. The fraction of sp³-hybridized carbons (Fsp3) is 0.222. The molecule has 1 amide bonds. The van der Waals surface area contributed by atoms with Gasteiger partial charge in [0.2, 0.25) is 17.6 Å². The average molecular weight is 489 g/mol. The highest BCUT2D eigenvalue weighted by Gasteiger charge is 2.27. The Balaban J connectivity index is 1.15. The van der Waals surface area contributed by atoms with Crippen LogP contribution in [0.2, 0.25) is 5.02 Å². The molecular weight excluding hydrogens is 464 g/mol. The van der Waals surface area contributed by atoms with E-state index in [4.69, 9.17) is 20.9 Å². The minimum absolute atomic E-state index is 0.0128. The summed E-state index contributed by atoms with van der Waals surface area (Å²) >= 11 is 5.95. The van der Waals surface area contributed by atoms with Gasteiger partial charge in [-0.25, -0.2) is 0 Å². The third kappa shape index (κ3) is 6.07. The van der Waals surface area contributed by atoms with Gasteiger partial charge < -0.3 is 14.6 Å². The molecule has 0 radical (unpaired) electrons. The van der Waals surface area contributed by atoms with Gasteiger partial charge in [0, 0.05) is 22.8 Å². The van der Waals surface area contributed by atoms with Crippen molar-refractivity contribution in [3.63, 3.8) is 0 Å². The normalized spacial score (nSPS) is 16.1. The Morgan fingerprint density at radius 2 is 1.77 bits per heavy atom. The summed E-state index contributed by atoms with van der Waals surface area (Å²) in [5.74, 6) is 2.46. The third-order valence-electron chi connectivity index (χ3n) is 5.91. The number of nitrogens with zero attached hydrogens (tertiary/aromatic N) is 3. The number of halogens is 1. The number of ether oxygens (including phenoxy) is 1. The molecule has 35 heavy (non-hydrogen) atoms. The van der Waals surface area contributed by atoms with Crippen molar-refractivity contribution in [1.29, 1.82) is 0 Å². The number of hydrogen-bond donors (Lipinski definition) is 1. The van der Waals surface area contributed by atoms with E-state index in [-0.39, 0.29) is 11.8 Å². The van der Waals surface area contributed by atoms with Gasteiger partial charge in [-0.2, -0.15) is 4.98 Å². The molecule has 0 spiro atoms. The van der Waals surface area contributed by atoms with Crippen molar-refractivity contribution in [2.45, 2.75) is 19.4 Å². The van der Waals surface area contributed by atoms with E-state index in [0.29, 0.717) is 29.8 Å². The van der Waals surface area contributed by atoms with Crippen LogP contribution >= 0.6 is 11.6 Å². The number of para-hydroxylation sites is 1. The summed E-state index contributed by atoms with van der Waals surface area (Å²) in [7, 11) is 0. The van der Waals surface area contributed by atoms with E-state index < -0.39 is 0 Å². The van der Waals surface area contributed by atoms with Crippen molar-refractivity contribution < 1.29 is 14.1 Å². The Morgan fingerprint density at radius 3 is 2.54 bits per heavy atom. The second-order valence-electron chi connectivity index (χ2n) is 8.52. The van der Waals surface area contributed by atoms with Gasteiger partial charge in [-0.05, 0) is 80.1 Å². The molecule has 1 saturated heterocycles. The number of piperidine rings is 1. The molecule has 4 aromatic rings. The van der Waals surface area contributed by atoms with Crippen molar-refractivity contribution in [3.05, 3.63) is 89.8 Å². The summed E-state index contributed by atoms with van der Waals surface area (Å²) < 4.78 is 11.3. The Bertz CT molecular complexity index is 1260. The van der Waals surface area contributed by atoms with E-state index in [1.165, 1.54) is 0 Å². The number of amides is 1. The quantitative estimate of drug-likeness (QED) is 0.342. The Morgan fingerprint density at radius 1 is 1.03 bits per heavy atom. The first-order valence-electron chi connectivity index (χ1n) is 11.6. The lowest BCUT2D eigenvalue weighted by molar-refractivity contribution is -0.121. The molecular formula is C27H25ClN4O3. The van der Waals surface area contributed by atoms with Gasteiger partial charge in [0.15, 0.2) is 0 Å². The van der Waals surface area contributed by atoms with Gasteiger partial charge in [0.25, 0.3) is 0 Å². The zero-order valence-corrected chi connectivity index (χ0v) is 19.8. The Labute approximate surface area is 208 Å². The second-order valence-corrected chi connectivity index (χ2v) is 8.96. The van der Waals surface area contributed by atoms with Crippen molar-refractivity contribution in [1.82, 2.24) is 15.0 Å². The molecule has 1 aromatic heterocycles. The fourth-order valence-electron chi connectivity index (χ4n) is 4.11. The molecule has 3 aromatic carbocycles. The number of likely N-dealkylation sites (tertiary alicyclic amines) is 1. The predicted octanol–water partition coefficient (Wildman–Crippen LogP) is 6.03. The first-order chi connectivity index (χ1) is 17.1. The highest BCUT2D eigenvalue weighted by atomic mass is 35.5. The summed E-state index contributed by atoms with van der Waals surface area (Å²) in [5, 5.41) is 7.77. The number of nitrogens with one attached hydrogen (secondary N) is 1. The van der Waals surface area contributed by atoms with Gasteiger partial charge in [0.05, 0.1) is 12.5 Å². The average Bonchev–Trinajstić information content (AvgIpc) is 3.35. The van der Waals surface area contributed by atoms with Crippen LogP contribution in [0.1, 0.15) is 18.7 Å².